The molecule has 0 saturated carbocycles. The van der Waals surface area contributed by atoms with Crippen LogP contribution in [0.5, 0.6) is 11.5 Å². The molecule has 0 spiro atoms. The molecule has 1 rings (SSSR count). The van der Waals surface area contributed by atoms with Gasteiger partial charge < -0.3 is 20.3 Å². The van der Waals surface area contributed by atoms with Crippen LogP contribution in [0.1, 0.15) is 12.5 Å². The van der Waals surface area contributed by atoms with E-state index in [1.807, 2.05) is 0 Å². The molecule has 0 heterocycles. The Balaban J connectivity index is 0.00000289. The molecular formula is C12H19BaNO4. The summed E-state index contributed by atoms with van der Waals surface area (Å²) in [5.74, 6) is 0.128. The number of carbonyl (C=O) groups is 1. The molecule has 1 unspecified atom stereocenters. The summed E-state index contributed by atoms with van der Waals surface area (Å²) in [7, 11) is 3.07. The molecule has 18 heavy (non-hydrogen) atoms. The van der Waals surface area contributed by atoms with E-state index in [9.17, 15) is 4.79 Å². The first-order valence-electron chi connectivity index (χ1n) is 5.14. The Bertz CT molecular complexity index is 421. The summed E-state index contributed by atoms with van der Waals surface area (Å²) >= 11 is 0. The molecule has 3 N–H and O–H groups in total. The Kier molecular flexibility index (Phi) is 7.35. The second kappa shape index (κ2) is 7.42. The van der Waals surface area contributed by atoms with Crippen LogP contribution in [0.15, 0.2) is 18.2 Å². The monoisotopic (exact) mass is 379 g/mol. The van der Waals surface area contributed by atoms with Crippen LogP contribution in [0.3, 0.4) is 0 Å². The van der Waals surface area contributed by atoms with Gasteiger partial charge >= 0.3 is 54.9 Å². The number of rotatable bonds is 5. The predicted molar refractivity (Wildman–Crippen MR) is 72.0 cm³/mol. The zero-order valence-electron chi connectivity index (χ0n) is 10.2. The maximum absolute atomic E-state index is 10.9. The van der Waals surface area contributed by atoms with Gasteiger partial charge in [0, 0.05) is 6.42 Å². The normalized spacial score (nSPS) is 13.1. The summed E-state index contributed by atoms with van der Waals surface area (Å²) in [5.41, 5.74) is 5.18. The zero-order valence-corrected chi connectivity index (χ0v) is 10.2. The summed E-state index contributed by atoms with van der Waals surface area (Å²) in [6.07, 6.45) is 0.225. The second-order valence-corrected chi connectivity index (χ2v) is 4.09. The summed E-state index contributed by atoms with van der Waals surface area (Å²) in [4.78, 5) is 10.9. The van der Waals surface area contributed by atoms with Gasteiger partial charge in [0.2, 0.25) is 0 Å². The van der Waals surface area contributed by atoms with Crippen LogP contribution in [0, 0.1) is 0 Å². The molecule has 0 saturated heterocycles. The molecule has 0 aromatic heterocycles. The predicted octanol–water partition coefficient (Wildman–Crippen LogP) is 0.132. The summed E-state index contributed by atoms with van der Waals surface area (Å²) in [5, 5.41) is 8.95. The second-order valence-electron chi connectivity index (χ2n) is 4.09. The number of carboxylic acid groups (broad SMARTS) is 1. The minimum atomic E-state index is -1.29. The van der Waals surface area contributed by atoms with Gasteiger partial charge in [-0.15, -0.1) is 0 Å². The van der Waals surface area contributed by atoms with Crippen molar-refractivity contribution in [1.29, 1.82) is 0 Å². The van der Waals surface area contributed by atoms with Gasteiger partial charge in [-0.1, -0.05) is 6.07 Å². The van der Waals surface area contributed by atoms with Crippen LogP contribution < -0.4 is 15.2 Å². The number of carboxylic acids is 1. The molecule has 0 aliphatic rings. The van der Waals surface area contributed by atoms with Crippen molar-refractivity contribution in [3.05, 3.63) is 23.8 Å². The quantitative estimate of drug-likeness (QED) is 0.712. The number of methoxy groups -OCH3 is 2. The van der Waals surface area contributed by atoms with E-state index in [0.29, 0.717) is 11.5 Å². The first-order valence-corrected chi connectivity index (χ1v) is 5.14. The van der Waals surface area contributed by atoms with E-state index in [2.05, 4.69) is 0 Å². The van der Waals surface area contributed by atoms with Crippen LogP contribution in [-0.4, -0.2) is 79.7 Å². The van der Waals surface area contributed by atoms with E-state index in [1.54, 1.807) is 25.3 Å². The third kappa shape index (κ3) is 4.49. The molecule has 0 radical (unpaired) electrons. The standard InChI is InChI=1S/C12H17NO4.Ba.2H/c1-12(13,11(14)15)7-8-4-5-9(16-2)10(6-8)17-3;;;/h4-6H,7,13H2,1-3H3,(H,14,15);;;. The topological polar surface area (TPSA) is 81.8 Å². The van der Waals surface area contributed by atoms with Gasteiger partial charge in [0.15, 0.2) is 11.5 Å². The van der Waals surface area contributed by atoms with Crippen molar-refractivity contribution in [3.63, 3.8) is 0 Å². The number of nitrogens with two attached hydrogens (primary N) is 1. The van der Waals surface area contributed by atoms with Crippen molar-refractivity contribution in [2.45, 2.75) is 18.9 Å². The molecule has 0 bridgehead atoms. The number of aliphatic carboxylic acids is 1. The van der Waals surface area contributed by atoms with E-state index in [-0.39, 0.29) is 55.3 Å². The van der Waals surface area contributed by atoms with Crippen molar-refractivity contribution < 1.29 is 19.4 Å². The van der Waals surface area contributed by atoms with Gasteiger partial charge in [-0.3, -0.25) is 4.79 Å². The summed E-state index contributed by atoms with van der Waals surface area (Å²) in [6.45, 7) is 1.48. The number of hydrogen-bond acceptors (Lipinski definition) is 4. The average Bonchev–Trinajstić information content (AvgIpc) is 2.28. The number of hydrogen-bond donors (Lipinski definition) is 2. The molecule has 0 aliphatic carbocycles. The fourth-order valence-electron chi connectivity index (χ4n) is 1.49. The molecule has 0 aliphatic heterocycles. The van der Waals surface area contributed by atoms with Crippen LogP contribution in [-0.2, 0) is 11.2 Å². The Labute approximate surface area is 147 Å². The number of benzene rings is 1. The van der Waals surface area contributed by atoms with E-state index in [0.717, 1.165) is 5.56 Å². The van der Waals surface area contributed by atoms with Crippen LogP contribution in [0.4, 0.5) is 0 Å². The van der Waals surface area contributed by atoms with Crippen molar-refractivity contribution in [3.8, 4) is 11.5 Å². The molecule has 6 heteroatoms. The first-order chi connectivity index (χ1) is 7.90. The van der Waals surface area contributed by atoms with E-state index in [4.69, 9.17) is 20.3 Å². The fraction of sp³-hybridized carbons (Fsp3) is 0.417. The Morgan fingerprint density at radius 1 is 1.33 bits per heavy atom. The van der Waals surface area contributed by atoms with Crippen LogP contribution in [0.2, 0.25) is 0 Å². The van der Waals surface area contributed by atoms with Crippen molar-refractivity contribution in [1.82, 2.24) is 0 Å². The minimum absolute atomic E-state index is 0. The Morgan fingerprint density at radius 3 is 2.33 bits per heavy atom. The van der Waals surface area contributed by atoms with Gasteiger partial charge in [-0.05, 0) is 24.6 Å². The number of ether oxygens (including phenoxy) is 2. The van der Waals surface area contributed by atoms with Gasteiger partial charge in [0.1, 0.15) is 5.54 Å². The van der Waals surface area contributed by atoms with Gasteiger partial charge in [0.05, 0.1) is 14.2 Å². The summed E-state index contributed by atoms with van der Waals surface area (Å²) in [6, 6.07) is 5.23. The van der Waals surface area contributed by atoms with Gasteiger partial charge in [0.25, 0.3) is 0 Å². The van der Waals surface area contributed by atoms with Crippen molar-refractivity contribution in [2.24, 2.45) is 5.73 Å². The molecule has 1 aromatic rings. The van der Waals surface area contributed by atoms with Gasteiger partial charge in [-0.25, -0.2) is 0 Å². The molecule has 98 valence electrons. The van der Waals surface area contributed by atoms with E-state index in [1.165, 1.54) is 14.0 Å². The molecule has 0 amide bonds. The fourth-order valence-corrected chi connectivity index (χ4v) is 1.49. The third-order valence-corrected chi connectivity index (χ3v) is 2.51. The molecule has 0 fully saturated rings. The van der Waals surface area contributed by atoms with Crippen molar-refractivity contribution in [2.75, 3.05) is 14.2 Å². The van der Waals surface area contributed by atoms with Crippen molar-refractivity contribution >= 4 is 54.9 Å². The summed E-state index contributed by atoms with van der Waals surface area (Å²) < 4.78 is 10.2. The molecule has 1 atom stereocenters. The zero-order chi connectivity index (χ0) is 13.1. The van der Waals surface area contributed by atoms with E-state index >= 15 is 0 Å². The molecule has 1 aromatic carbocycles. The Morgan fingerprint density at radius 2 is 1.89 bits per heavy atom. The maximum atomic E-state index is 10.9. The van der Waals surface area contributed by atoms with Gasteiger partial charge in [-0.2, -0.15) is 0 Å². The average molecular weight is 379 g/mol. The van der Waals surface area contributed by atoms with E-state index < -0.39 is 11.5 Å². The molecular weight excluding hydrogens is 359 g/mol. The van der Waals surface area contributed by atoms with Crippen LogP contribution >= 0.6 is 0 Å². The first kappa shape index (κ1) is 17.8. The SMILES string of the molecule is COc1ccc(CC(C)(N)C(=O)O)cc1OC.[BaH2]. The molecule has 5 nitrogen and oxygen atoms in total. The third-order valence-electron chi connectivity index (χ3n) is 2.51. The Hall–Kier alpha value is -0.179. The van der Waals surface area contributed by atoms with Crippen LogP contribution in [0.25, 0.3) is 0 Å².